The summed E-state index contributed by atoms with van der Waals surface area (Å²) in [6.07, 6.45) is 2.44. The summed E-state index contributed by atoms with van der Waals surface area (Å²) in [5.74, 6) is 0.874. The molecule has 13 heavy (non-hydrogen) atoms. The van der Waals surface area contributed by atoms with Crippen LogP contribution >= 0.6 is 0 Å². The molecule has 3 fully saturated rings. The Balaban J connectivity index is 1.96. The fraction of sp³-hybridized carbons (Fsp3) is 0.900. The smallest absolute Gasteiger partial charge is 0.314 e. The number of nitrogens with one attached hydrogen (secondary N) is 1. The van der Waals surface area contributed by atoms with Gasteiger partial charge in [0.1, 0.15) is 5.92 Å². The van der Waals surface area contributed by atoms with Crippen LogP contribution in [0.25, 0.3) is 0 Å². The number of carbonyl (C=O) groups excluding carboxylic acids is 1. The van der Waals surface area contributed by atoms with Crippen LogP contribution in [-0.4, -0.2) is 32.2 Å². The molecule has 3 aliphatic heterocycles. The number of rotatable bonds is 2. The molecule has 3 nitrogen and oxygen atoms in total. The highest BCUT2D eigenvalue weighted by molar-refractivity contribution is 5.73. The van der Waals surface area contributed by atoms with E-state index in [1.54, 1.807) is 4.90 Å². The molecule has 0 amide bonds. The molecule has 0 aliphatic carbocycles. The van der Waals surface area contributed by atoms with Gasteiger partial charge in [-0.1, -0.05) is 0 Å². The van der Waals surface area contributed by atoms with Crippen molar-refractivity contribution in [2.75, 3.05) is 26.2 Å². The highest BCUT2D eigenvalue weighted by atomic mass is 16.5. The van der Waals surface area contributed by atoms with Crippen molar-refractivity contribution < 1.29 is 14.4 Å². The minimum atomic E-state index is 0.0457. The largest absolute Gasteiger partial charge is 0.466 e. The van der Waals surface area contributed by atoms with Gasteiger partial charge in [-0.3, -0.25) is 4.79 Å². The maximum absolute atomic E-state index is 11.6. The molecule has 0 aromatic heterocycles. The molecule has 1 atom stereocenters. The molecule has 3 saturated heterocycles. The molecule has 0 saturated carbocycles. The Kier molecular flexibility index (Phi) is 2.54. The first kappa shape index (κ1) is 9.00. The van der Waals surface area contributed by atoms with E-state index in [2.05, 4.69) is 0 Å². The first-order chi connectivity index (χ1) is 6.31. The zero-order valence-corrected chi connectivity index (χ0v) is 8.21. The van der Waals surface area contributed by atoms with Gasteiger partial charge < -0.3 is 9.64 Å². The van der Waals surface area contributed by atoms with Gasteiger partial charge in [0.2, 0.25) is 0 Å². The lowest BCUT2D eigenvalue weighted by Gasteiger charge is -2.40. The molecule has 3 heteroatoms. The van der Waals surface area contributed by atoms with Crippen LogP contribution in [0.2, 0.25) is 0 Å². The fourth-order valence-electron chi connectivity index (χ4n) is 2.66. The quantitative estimate of drug-likeness (QED) is 0.585. The van der Waals surface area contributed by atoms with Gasteiger partial charge in [0.25, 0.3) is 0 Å². The van der Waals surface area contributed by atoms with E-state index in [0.29, 0.717) is 12.5 Å². The van der Waals surface area contributed by atoms with Crippen LogP contribution in [-0.2, 0) is 9.53 Å². The van der Waals surface area contributed by atoms with E-state index in [9.17, 15) is 4.79 Å². The Morgan fingerprint density at radius 1 is 1.46 bits per heavy atom. The monoisotopic (exact) mass is 184 g/mol. The third-order valence-corrected chi connectivity index (χ3v) is 3.40. The lowest BCUT2D eigenvalue weighted by atomic mass is 9.79. The molecular formula is C10H18NO2+. The summed E-state index contributed by atoms with van der Waals surface area (Å²) in [5.41, 5.74) is 0. The third kappa shape index (κ3) is 1.70. The Labute approximate surface area is 79.0 Å². The molecule has 0 aromatic rings. The SMILES string of the molecule is CCOC(=O)[C@@H]1C[NH+]2CCC1CC2. The van der Waals surface area contributed by atoms with Crippen LogP contribution in [0.15, 0.2) is 0 Å². The summed E-state index contributed by atoms with van der Waals surface area (Å²) in [6, 6.07) is 0. The van der Waals surface area contributed by atoms with E-state index in [1.807, 2.05) is 6.92 Å². The molecule has 3 rings (SSSR count). The van der Waals surface area contributed by atoms with E-state index in [-0.39, 0.29) is 11.9 Å². The number of piperidine rings is 3. The maximum Gasteiger partial charge on any atom is 0.314 e. The van der Waals surface area contributed by atoms with Gasteiger partial charge in [0, 0.05) is 12.8 Å². The predicted octanol–water partition coefficient (Wildman–Crippen LogP) is -0.526. The fourth-order valence-corrected chi connectivity index (χ4v) is 2.66. The number of hydrogen-bond acceptors (Lipinski definition) is 2. The Morgan fingerprint density at radius 3 is 2.62 bits per heavy atom. The van der Waals surface area contributed by atoms with Crippen molar-refractivity contribution in [3.63, 3.8) is 0 Å². The molecule has 74 valence electrons. The van der Waals surface area contributed by atoms with E-state index < -0.39 is 0 Å². The first-order valence-electron chi connectivity index (χ1n) is 5.31. The topological polar surface area (TPSA) is 30.7 Å². The summed E-state index contributed by atoms with van der Waals surface area (Å²) in [7, 11) is 0. The molecular weight excluding hydrogens is 166 g/mol. The molecule has 0 spiro atoms. The predicted molar refractivity (Wildman–Crippen MR) is 48.4 cm³/mol. The Morgan fingerprint density at radius 2 is 2.15 bits per heavy atom. The average Bonchev–Trinajstić information content (AvgIpc) is 2.20. The lowest BCUT2D eigenvalue weighted by molar-refractivity contribution is -0.919. The van der Waals surface area contributed by atoms with Crippen molar-refractivity contribution in [1.82, 2.24) is 0 Å². The molecule has 3 aliphatic rings. The van der Waals surface area contributed by atoms with E-state index in [0.717, 1.165) is 6.54 Å². The van der Waals surface area contributed by atoms with Crippen molar-refractivity contribution >= 4 is 5.97 Å². The summed E-state index contributed by atoms with van der Waals surface area (Å²) in [4.78, 5) is 13.2. The number of quaternary nitrogens is 1. The van der Waals surface area contributed by atoms with Gasteiger partial charge in [-0.25, -0.2) is 0 Å². The average molecular weight is 184 g/mol. The molecule has 3 heterocycles. The third-order valence-electron chi connectivity index (χ3n) is 3.40. The van der Waals surface area contributed by atoms with Crippen LogP contribution in [0.3, 0.4) is 0 Å². The van der Waals surface area contributed by atoms with Gasteiger partial charge in [0.05, 0.1) is 26.2 Å². The normalized spacial score (nSPS) is 37.5. The van der Waals surface area contributed by atoms with E-state index in [4.69, 9.17) is 4.74 Å². The lowest BCUT2D eigenvalue weighted by Crippen LogP contribution is -3.16. The second-order valence-corrected chi connectivity index (χ2v) is 4.15. The van der Waals surface area contributed by atoms with Gasteiger partial charge in [-0.05, 0) is 12.8 Å². The minimum Gasteiger partial charge on any atom is -0.466 e. The summed E-state index contributed by atoms with van der Waals surface area (Å²) in [5, 5.41) is 0. The Hall–Kier alpha value is -0.570. The number of esters is 1. The Bertz CT molecular complexity index is 197. The van der Waals surface area contributed by atoms with E-state index in [1.165, 1.54) is 25.9 Å². The zero-order valence-electron chi connectivity index (χ0n) is 8.21. The first-order valence-corrected chi connectivity index (χ1v) is 5.31. The molecule has 2 bridgehead atoms. The van der Waals surface area contributed by atoms with Crippen LogP contribution in [0.5, 0.6) is 0 Å². The molecule has 0 radical (unpaired) electrons. The van der Waals surface area contributed by atoms with Gasteiger partial charge >= 0.3 is 5.97 Å². The van der Waals surface area contributed by atoms with Crippen LogP contribution in [0, 0.1) is 11.8 Å². The standard InChI is InChI=1S/C10H17NO2/c1-2-13-10(12)9-7-11-5-3-8(9)4-6-11/h8-9H,2-7H2,1H3/p+1/t9-/m1/s1. The van der Waals surface area contributed by atoms with Gasteiger partial charge in [-0.2, -0.15) is 0 Å². The number of fused-ring (bicyclic) bond motifs is 3. The molecule has 1 N–H and O–H groups in total. The molecule has 0 unspecified atom stereocenters. The maximum atomic E-state index is 11.6. The van der Waals surface area contributed by atoms with Crippen molar-refractivity contribution in [2.45, 2.75) is 19.8 Å². The highest BCUT2D eigenvalue weighted by Gasteiger charge is 2.42. The summed E-state index contributed by atoms with van der Waals surface area (Å²) in [6.45, 7) is 5.95. The molecule has 0 aromatic carbocycles. The van der Waals surface area contributed by atoms with Gasteiger partial charge in [0.15, 0.2) is 0 Å². The van der Waals surface area contributed by atoms with Crippen LogP contribution in [0.1, 0.15) is 19.8 Å². The van der Waals surface area contributed by atoms with E-state index >= 15 is 0 Å². The summed E-state index contributed by atoms with van der Waals surface area (Å²) < 4.78 is 5.08. The van der Waals surface area contributed by atoms with Crippen LogP contribution in [0.4, 0.5) is 0 Å². The summed E-state index contributed by atoms with van der Waals surface area (Å²) >= 11 is 0. The number of hydrogen-bond donors (Lipinski definition) is 1. The second-order valence-electron chi connectivity index (χ2n) is 4.15. The zero-order chi connectivity index (χ0) is 9.26. The minimum absolute atomic E-state index is 0.0457. The second kappa shape index (κ2) is 3.66. The highest BCUT2D eigenvalue weighted by Crippen LogP contribution is 2.24. The van der Waals surface area contributed by atoms with Crippen molar-refractivity contribution in [3.05, 3.63) is 0 Å². The van der Waals surface area contributed by atoms with Gasteiger partial charge in [-0.15, -0.1) is 0 Å². The van der Waals surface area contributed by atoms with Crippen molar-refractivity contribution in [2.24, 2.45) is 11.8 Å². The van der Waals surface area contributed by atoms with Crippen LogP contribution < -0.4 is 4.90 Å². The van der Waals surface area contributed by atoms with Crippen molar-refractivity contribution in [3.8, 4) is 0 Å². The number of carbonyl (C=O) groups is 1. The number of ether oxygens (including phenoxy) is 1. The van der Waals surface area contributed by atoms with Crippen molar-refractivity contribution in [1.29, 1.82) is 0 Å².